The predicted molar refractivity (Wildman–Crippen MR) is 39.8 cm³/mol. The second-order valence-electron chi connectivity index (χ2n) is 1.58. The van der Waals surface area contributed by atoms with Gasteiger partial charge in [0.15, 0.2) is 0 Å². The van der Waals surface area contributed by atoms with Gasteiger partial charge in [-0.25, -0.2) is 4.39 Å². The van der Waals surface area contributed by atoms with E-state index >= 15 is 0 Å². The minimum Gasteiger partial charge on any atom is -0.326 e. The van der Waals surface area contributed by atoms with Crippen LogP contribution in [0.5, 0.6) is 0 Å². The number of hydrogen-bond acceptors (Lipinski definition) is 1. The van der Waals surface area contributed by atoms with Gasteiger partial charge in [0.25, 0.3) is 0 Å². The molecule has 3 nitrogen and oxygen atoms in total. The van der Waals surface area contributed by atoms with Crippen molar-refractivity contribution in [1.82, 2.24) is 0 Å². The molecule has 0 aliphatic heterocycles. The van der Waals surface area contributed by atoms with Gasteiger partial charge in [-0.2, -0.15) is 0 Å². The van der Waals surface area contributed by atoms with Crippen LogP contribution in [0.25, 0.3) is 0 Å². The molecule has 5 heteroatoms. The van der Waals surface area contributed by atoms with Gasteiger partial charge in [0.2, 0.25) is 0 Å². The minimum atomic E-state index is -3.13. The summed E-state index contributed by atoms with van der Waals surface area (Å²) in [5.41, 5.74) is 0. The van der Waals surface area contributed by atoms with Gasteiger partial charge in [-0.05, 0) is 12.1 Å². The fourth-order valence-corrected chi connectivity index (χ4v) is 0.415. The van der Waals surface area contributed by atoms with Crippen LogP contribution in [0.2, 0.25) is 0 Å². The van der Waals surface area contributed by atoms with Gasteiger partial charge in [0.1, 0.15) is 5.82 Å². The molecule has 0 saturated heterocycles. The van der Waals surface area contributed by atoms with Crippen molar-refractivity contribution in [3.05, 3.63) is 36.1 Å². The van der Waals surface area contributed by atoms with E-state index in [1.54, 1.807) is 18.2 Å². The third-order valence-corrected chi connectivity index (χ3v) is 0.733. The molecular weight excluding hydrogens is 170 g/mol. The maximum Gasteiger partial charge on any atom is 0.314 e. The summed E-state index contributed by atoms with van der Waals surface area (Å²) in [5, 5.41) is 0. The maximum atomic E-state index is 11.9. The smallest absolute Gasteiger partial charge is 0.314 e. The summed E-state index contributed by atoms with van der Waals surface area (Å²) in [6.45, 7) is 0. The highest BCUT2D eigenvalue weighted by molar-refractivity contribution is 7.30. The molecule has 0 aromatic heterocycles. The Morgan fingerprint density at radius 1 is 1.18 bits per heavy atom. The standard InChI is InChI=1S/C6H5F.H3O3P/c7-6-4-2-1-3-5-6;1-4(2)3/h1-5H;4H,(H2,1,2,3). The zero-order chi connectivity index (χ0) is 8.69. The largest absolute Gasteiger partial charge is 0.326 e. The number of rotatable bonds is 0. The van der Waals surface area contributed by atoms with Gasteiger partial charge < -0.3 is 9.79 Å². The predicted octanol–water partition coefficient (Wildman–Crippen LogP) is 1.19. The van der Waals surface area contributed by atoms with E-state index in [0.29, 0.717) is 0 Å². The van der Waals surface area contributed by atoms with E-state index in [4.69, 9.17) is 14.4 Å². The summed E-state index contributed by atoms with van der Waals surface area (Å²) in [4.78, 5) is 14.3. The molecule has 0 aliphatic rings. The zero-order valence-electron chi connectivity index (χ0n) is 5.57. The first-order valence-corrected chi connectivity index (χ1v) is 4.05. The highest BCUT2D eigenvalue weighted by Gasteiger charge is 1.77. The molecule has 2 N–H and O–H groups in total. The van der Waals surface area contributed by atoms with E-state index in [9.17, 15) is 4.39 Å². The van der Waals surface area contributed by atoms with Crippen LogP contribution in [0, 0.1) is 5.82 Å². The zero-order valence-corrected chi connectivity index (χ0v) is 6.57. The summed E-state index contributed by atoms with van der Waals surface area (Å²) >= 11 is 0. The lowest BCUT2D eigenvalue weighted by atomic mass is 10.4. The summed E-state index contributed by atoms with van der Waals surface area (Å²) in [6, 6.07) is 7.94. The SMILES string of the molecule is Fc1ccccc1.O=[PH](O)O. The molecule has 1 rings (SSSR count). The molecule has 0 unspecified atom stereocenters. The van der Waals surface area contributed by atoms with Crippen molar-refractivity contribution in [1.29, 1.82) is 0 Å². The molecule has 0 radical (unpaired) electrons. The van der Waals surface area contributed by atoms with Crippen molar-refractivity contribution in [2.24, 2.45) is 0 Å². The van der Waals surface area contributed by atoms with Crippen LogP contribution in [-0.2, 0) is 4.57 Å². The molecule has 0 spiro atoms. The Kier molecular flexibility index (Phi) is 5.65. The van der Waals surface area contributed by atoms with Crippen molar-refractivity contribution in [2.75, 3.05) is 0 Å². The van der Waals surface area contributed by atoms with Crippen molar-refractivity contribution in [2.45, 2.75) is 0 Å². The fraction of sp³-hybridized carbons (Fsp3) is 0. The minimum absolute atomic E-state index is 0.178. The third kappa shape index (κ3) is 9.30. The van der Waals surface area contributed by atoms with Gasteiger partial charge in [-0.15, -0.1) is 0 Å². The van der Waals surface area contributed by atoms with E-state index in [1.807, 2.05) is 0 Å². The van der Waals surface area contributed by atoms with E-state index in [2.05, 4.69) is 0 Å². The Morgan fingerprint density at radius 3 is 1.73 bits per heavy atom. The lowest BCUT2D eigenvalue weighted by Gasteiger charge is -1.78. The lowest BCUT2D eigenvalue weighted by molar-refractivity contribution is 0.405. The second kappa shape index (κ2) is 6.04. The van der Waals surface area contributed by atoms with Crippen LogP contribution in [-0.4, -0.2) is 9.79 Å². The monoisotopic (exact) mass is 178 g/mol. The molecule has 0 aliphatic carbocycles. The first kappa shape index (κ1) is 10.3. The average Bonchev–Trinajstić information content (AvgIpc) is 1.87. The van der Waals surface area contributed by atoms with E-state index in [-0.39, 0.29) is 5.82 Å². The van der Waals surface area contributed by atoms with E-state index in [1.165, 1.54) is 12.1 Å². The molecule has 0 bridgehead atoms. The second-order valence-corrected chi connectivity index (χ2v) is 2.14. The molecule has 0 atom stereocenters. The van der Waals surface area contributed by atoms with Gasteiger partial charge >= 0.3 is 8.25 Å². The first-order chi connectivity index (χ1) is 5.13. The van der Waals surface area contributed by atoms with Gasteiger partial charge in [0, 0.05) is 0 Å². The number of halogens is 1. The van der Waals surface area contributed by atoms with E-state index < -0.39 is 8.25 Å². The number of hydrogen-bond donors (Lipinski definition) is 2. The summed E-state index contributed by atoms with van der Waals surface area (Å²) < 4.78 is 20.6. The molecule has 0 amide bonds. The quantitative estimate of drug-likeness (QED) is 0.586. The van der Waals surface area contributed by atoms with Crippen LogP contribution in [0.15, 0.2) is 30.3 Å². The average molecular weight is 178 g/mol. The fourth-order valence-electron chi connectivity index (χ4n) is 0.415. The third-order valence-electron chi connectivity index (χ3n) is 0.733. The van der Waals surface area contributed by atoms with Crippen molar-refractivity contribution in [3.63, 3.8) is 0 Å². The van der Waals surface area contributed by atoms with Gasteiger partial charge in [-0.3, -0.25) is 4.57 Å². The molecule has 0 fully saturated rings. The highest BCUT2D eigenvalue weighted by atomic mass is 31.1. The highest BCUT2D eigenvalue weighted by Crippen LogP contribution is 1.98. The lowest BCUT2D eigenvalue weighted by Crippen LogP contribution is -1.63. The maximum absolute atomic E-state index is 11.9. The van der Waals surface area contributed by atoms with Crippen LogP contribution in [0.1, 0.15) is 0 Å². The number of benzene rings is 1. The Morgan fingerprint density at radius 2 is 1.55 bits per heavy atom. The van der Waals surface area contributed by atoms with Crippen LogP contribution >= 0.6 is 8.25 Å². The van der Waals surface area contributed by atoms with E-state index in [0.717, 1.165) is 0 Å². The molecular formula is C6H8FO3P. The normalized spacial score (nSPS) is 8.73. The van der Waals surface area contributed by atoms with Gasteiger partial charge in [0.05, 0.1) is 0 Å². The Bertz CT molecular complexity index is 210. The van der Waals surface area contributed by atoms with Crippen LogP contribution < -0.4 is 0 Å². The molecule has 0 saturated carbocycles. The Labute approximate surface area is 64.1 Å². The first-order valence-electron chi connectivity index (χ1n) is 2.75. The Balaban J connectivity index is 0.000000218. The summed E-state index contributed by atoms with van der Waals surface area (Å²) in [5.74, 6) is -0.178. The van der Waals surface area contributed by atoms with Crippen LogP contribution in [0.3, 0.4) is 0 Å². The molecule has 11 heavy (non-hydrogen) atoms. The molecule has 1 aromatic rings. The molecule has 0 heterocycles. The van der Waals surface area contributed by atoms with Crippen LogP contribution in [0.4, 0.5) is 4.39 Å². The molecule has 62 valence electrons. The topological polar surface area (TPSA) is 57.5 Å². The van der Waals surface area contributed by atoms with Gasteiger partial charge in [-0.1, -0.05) is 18.2 Å². The van der Waals surface area contributed by atoms with Crippen molar-refractivity contribution >= 4 is 8.25 Å². The van der Waals surface area contributed by atoms with Crippen molar-refractivity contribution in [3.8, 4) is 0 Å². The summed E-state index contributed by atoms with van der Waals surface area (Å²) in [6.07, 6.45) is 0. The molecule has 1 aromatic carbocycles. The Hall–Kier alpha value is -0.700. The van der Waals surface area contributed by atoms with Crippen molar-refractivity contribution < 1.29 is 18.7 Å². The summed E-state index contributed by atoms with van der Waals surface area (Å²) in [7, 11) is -3.13.